The Labute approximate surface area is 599 Å². The lowest BCUT2D eigenvalue weighted by atomic mass is 10.1. The minimum atomic E-state index is -0.687. The summed E-state index contributed by atoms with van der Waals surface area (Å²) in [7, 11) is 12.5. The van der Waals surface area contributed by atoms with E-state index in [9.17, 15) is 38.4 Å². The molecule has 0 aliphatic carbocycles. The summed E-state index contributed by atoms with van der Waals surface area (Å²) in [5.41, 5.74) is 7.06. The Morgan fingerprint density at radius 3 is 0.567 bits per heavy atom. The van der Waals surface area contributed by atoms with Crippen molar-refractivity contribution in [1.29, 1.82) is 0 Å². The first-order valence-corrected chi connectivity index (χ1v) is 32.9. The number of hydrogen-bond acceptors (Lipinski definition) is 16. The summed E-state index contributed by atoms with van der Waals surface area (Å²) in [5, 5.41) is 13.3. The summed E-state index contributed by atoms with van der Waals surface area (Å²) < 4.78 is 49.0. The van der Waals surface area contributed by atoms with Gasteiger partial charge >= 0.3 is 0 Å². The van der Waals surface area contributed by atoms with Gasteiger partial charge in [0.25, 0.3) is 46.8 Å². The number of rotatable bonds is 24. The first-order valence-electron chi connectivity index (χ1n) is 32.9. The molecule has 0 atom stereocenters. The van der Waals surface area contributed by atoms with Crippen molar-refractivity contribution < 1.29 is 76.3 Å². The number of fused-ring (bicyclic) bond motifs is 4. The summed E-state index contributed by atoms with van der Waals surface area (Å²) in [6.45, 7) is 10.7. The predicted octanol–water partition coefficient (Wildman–Crippen LogP) is 14.0. The van der Waals surface area contributed by atoms with E-state index in [1.165, 1.54) is 0 Å². The number of anilines is 4. The summed E-state index contributed by atoms with van der Waals surface area (Å²) in [5.74, 6) is 0.122. The van der Waals surface area contributed by atoms with E-state index in [1.807, 2.05) is 94.5 Å². The molecule has 0 fully saturated rings. The molecule has 24 nitrogen and oxygen atoms in total. The molecule has 0 saturated heterocycles. The van der Waals surface area contributed by atoms with Crippen molar-refractivity contribution in [3.8, 4) is 46.0 Å². The predicted molar refractivity (Wildman–Crippen MR) is 400 cm³/mol. The molecular formula is C80H80N8O16. The van der Waals surface area contributed by atoms with Gasteiger partial charge in [0.05, 0.1) is 79.1 Å². The molecule has 0 saturated carbocycles. The van der Waals surface area contributed by atoms with Gasteiger partial charge in [0.2, 0.25) is 0 Å². The Morgan fingerprint density at radius 1 is 0.250 bits per heavy atom. The lowest BCUT2D eigenvalue weighted by molar-refractivity contribution is -0.113. The van der Waals surface area contributed by atoms with Crippen LogP contribution in [-0.2, 0) is 45.4 Å². The van der Waals surface area contributed by atoms with Gasteiger partial charge in [0, 0.05) is 117 Å². The maximum Gasteiger partial charge on any atom is 0.296 e. The maximum absolute atomic E-state index is 12.7. The zero-order valence-corrected chi connectivity index (χ0v) is 59.6. The number of aryl methyl sites for hydroxylation is 4. The van der Waals surface area contributed by atoms with Crippen molar-refractivity contribution in [2.45, 2.75) is 53.9 Å². The average molecular weight is 1410 g/mol. The van der Waals surface area contributed by atoms with E-state index in [4.69, 9.17) is 37.9 Å². The quantitative estimate of drug-likeness (QED) is 0.0323. The number of nitrogens with one attached hydrogen (secondary N) is 4. The smallest absolute Gasteiger partial charge is 0.296 e. The third kappa shape index (κ3) is 17.4. The highest BCUT2D eigenvalue weighted by Gasteiger charge is 2.27. The summed E-state index contributed by atoms with van der Waals surface area (Å²) in [6.07, 6.45) is 6.83. The third-order valence-electron chi connectivity index (χ3n) is 16.9. The van der Waals surface area contributed by atoms with Crippen LogP contribution in [0.2, 0.25) is 0 Å². The molecule has 4 amide bonds. The highest BCUT2D eigenvalue weighted by Crippen LogP contribution is 2.32. The Balaban J connectivity index is 0.000000161. The first-order chi connectivity index (χ1) is 50.3. The van der Waals surface area contributed by atoms with Gasteiger partial charge in [-0.25, -0.2) is 0 Å². The largest absolute Gasteiger partial charge is 0.497 e. The third-order valence-corrected chi connectivity index (χ3v) is 16.9. The fourth-order valence-electron chi connectivity index (χ4n) is 11.3. The van der Waals surface area contributed by atoms with Gasteiger partial charge in [-0.2, -0.15) is 0 Å². The standard InChI is InChI=1S/4C20H20N2O4/c4*1-4-22-12-17(16-11-15(26-3)9-10-18(16)22)19(23)20(24)21-13-5-7-14(25-2)8-6-13/h4*5-12H,4H2,1-3H3,(H,21,24). The zero-order valence-electron chi connectivity index (χ0n) is 59.6. The minimum Gasteiger partial charge on any atom is -0.497 e. The van der Waals surface area contributed by atoms with Crippen molar-refractivity contribution in [2.75, 3.05) is 78.1 Å². The number of ether oxygens (including phenoxy) is 8. The Morgan fingerprint density at radius 2 is 0.413 bits per heavy atom. The highest BCUT2D eigenvalue weighted by molar-refractivity contribution is 6.50. The summed E-state index contributed by atoms with van der Waals surface area (Å²) in [4.78, 5) is 101. The molecule has 0 aliphatic rings. The molecule has 0 unspecified atom stereocenters. The van der Waals surface area contributed by atoms with Crippen LogP contribution in [0.25, 0.3) is 43.6 Å². The fourth-order valence-corrected chi connectivity index (χ4v) is 11.3. The molecule has 12 aromatic rings. The first kappa shape index (κ1) is 75.1. The number of nitrogens with zero attached hydrogens (tertiary/aromatic N) is 4. The Bertz CT molecular complexity index is 4470. The molecule has 12 rings (SSSR count). The van der Waals surface area contributed by atoms with Gasteiger partial charge in [-0.05, 0) is 198 Å². The van der Waals surface area contributed by atoms with Gasteiger partial charge < -0.3 is 77.4 Å². The number of carbonyl (C=O) groups is 8. The molecule has 0 radical (unpaired) electrons. The second kappa shape index (κ2) is 34.8. The lowest BCUT2D eigenvalue weighted by Crippen LogP contribution is -2.22. The van der Waals surface area contributed by atoms with Crippen molar-refractivity contribution in [2.24, 2.45) is 0 Å². The zero-order chi connectivity index (χ0) is 74.7. The number of amides is 4. The number of carbonyl (C=O) groups excluding carboxylic acids is 8. The normalized spacial score (nSPS) is 10.6. The topological polar surface area (TPSA) is 278 Å². The van der Waals surface area contributed by atoms with Crippen LogP contribution in [0, 0.1) is 0 Å². The maximum atomic E-state index is 12.7. The number of Topliss-reactive ketones (excluding diaryl/α,β-unsaturated/α-hetero) is 4. The van der Waals surface area contributed by atoms with E-state index in [2.05, 4.69) is 21.3 Å². The van der Waals surface area contributed by atoms with E-state index in [1.54, 1.807) is 203 Å². The summed E-state index contributed by atoms with van der Waals surface area (Å²) in [6, 6.07) is 49.2. The van der Waals surface area contributed by atoms with Crippen LogP contribution in [-0.4, -0.2) is 122 Å². The molecule has 8 aromatic carbocycles. The van der Waals surface area contributed by atoms with Crippen LogP contribution in [0.15, 0.2) is 195 Å². The van der Waals surface area contributed by atoms with Crippen LogP contribution in [0.5, 0.6) is 46.0 Å². The van der Waals surface area contributed by atoms with E-state index in [0.717, 1.165) is 22.1 Å². The molecule has 4 aromatic heterocycles. The Kier molecular flexibility index (Phi) is 25.1. The number of benzene rings is 8. The van der Waals surface area contributed by atoms with E-state index < -0.39 is 46.8 Å². The highest BCUT2D eigenvalue weighted by atomic mass is 16.5. The minimum absolute atomic E-state index is 0.353. The van der Waals surface area contributed by atoms with Crippen LogP contribution in [0.4, 0.5) is 22.7 Å². The monoisotopic (exact) mass is 1410 g/mol. The average Bonchev–Trinajstić information content (AvgIpc) is 1.65. The number of hydrogen-bond donors (Lipinski definition) is 4. The molecule has 4 N–H and O–H groups in total. The molecule has 0 bridgehead atoms. The van der Waals surface area contributed by atoms with Gasteiger partial charge in [-0.1, -0.05) is 0 Å². The van der Waals surface area contributed by atoms with E-state index >= 15 is 0 Å². The van der Waals surface area contributed by atoms with Gasteiger partial charge in [0.1, 0.15) is 46.0 Å². The molecule has 0 spiro atoms. The van der Waals surface area contributed by atoms with Crippen molar-refractivity contribution in [3.05, 3.63) is 217 Å². The SMILES string of the molecule is CCn1cc(C(=O)C(=O)Nc2ccc(OC)cc2)c2cc(OC)ccc21.CCn1cc(C(=O)C(=O)Nc2ccc(OC)cc2)c2cc(OC)ccc21.CCn1cc(C(=O)C(=O)Nc2ccc(OC)cc2)c2cc(OC)ccc21.CCn1cc(C(=O)C(=O)Nc2ccc(OC)cc2)c2cc(OC)ccc21. The molecule has 4 heterocycles. The van der Waals surface area contributed by atoms with E-state index in [0.29, 0.717) is 139 Å². The summed E-state index contributed by atoms with van der Waals surface area (Å²) >= 11 is 0. The molecule has 24 heteroatoms. The van der Waals surface area contributed by atoms with Crippen molar-refractivity contribution >= 4 is 113 Å². The van der Waals surface area contributed by atoms with Gasteiger partial charge in [-0.3, -0.25) is 38.4 Å². The Hall–Kier alpha value is -13.1. The van der Waals surface area contributed by atoms with Crippen molar-refractivity contribution in [1.82, 2.24) is 18.3 Å². The van der Waals surface area contributed by atoms with Crippen LogP contribution in [0.3, 0.4) is 0 Å². The molecular weight excluding hydrogens is 1330 g/mol. The van der Waals surface area contributed by atoms with Crippen LogP contribution in [0.1, 0.15) is 69.1 Å². The van der Waals surface area contributed by atoms with Gasteiger partial charge in [-0.15, -0.1) is 0 Å². The molecule has 104 heavy (non-hydrogen) atoms. The second-order valence-corrected chi connectivity index (χ2v) is 22.9. The van der Waals surface area contributed by atoms with E-state index in [-0.39, 0.29) is 0 Å². The fraction of sp³-hybridized carbons (Fsp3) is 0.200. The molecule has 536 valence electrons. The van der Waals surface area contributed by atoms with Crippen molar-refractivity contribution in [3.63, 3.8) is 0 Å². The van der Waals surface area contributed by atoms with Crippen LogP contribution >= 0.6 is 0 Å². The second-order valence-electron chi connectivity index (χ2n) is 22.9. The number of methoxy groups -OCH3 is 8. The lowest BCUT2D eigenvalue weighted by Gasteiger charge is -2.05. The number of aromatic nitrogens is 4. The molecule has 0 aliphatic heterocycles. The number of ketones is 4. The van der Waals surface area contributed by atoms with Crippen LogP contribution < -0.4 is 59.2 Å². The van der Waals surface area contributed by atoms with Gasteiger partial charge in [0.15, 0.2) is 0 Å².